The molecule has 0 aromatic heterocycles. The second-order valence-corrected chi connectivity index (χ2v) is 5.18. The molecule has 0 spiro atoms. The van der Waals surface area contributed by atoms with E-state index in [9.17, 15) is 5.11 Å². The monoisotopic (exact) mass is 248 g/mol. The Morgan fingerprint density at radius 3 is 3.11 bits per heavy atom. The predicted molar refractivity (Wildman–Crippen MR) is 68.7 cm³/mol. The van der Waals surface area contributed by atoms with Crippen LogP contribution in [0.15, 0.2) is 18.2 Å². The second kappa shape index (κ2) is 4.90. The van der Waals surface area contributed by atoms with Gasteiger partial charge in [0.25, 0.3) is 0 Å². The minimum absolute atomic E-state index is 0.199. The van der Waals surface area contributed by atoms with Gasteiger partial charge < -0.3 is 14.6 Å². The number of ether oxygens (including phenoxy) is 2. The van der Waals surface area contributed by atoms with Gasteiger partial charge in [-0.2, -0.15) is 0 Å². The van der Waals surface area contributed by atoms with Crippen molar-refractivity contribution in [2.75, 3.05) is 13.2 Å². The molecule has 0 aliphatic carbocycles. The Morgan fingerprint density at radius 1 is 1.39 bits per heavy atom. The lowest BCUT2D eigenvalue weighted by Crippen LogP contribution is -2.22. The van der Waals surface area contributed by atoms with E-state index in [1.807, 2.05) is 12.1 Å². The molecule has 0 bridgehead atoms. The number of rotatable bonds is 3. The summed E-state index contributed by atoms with van der Waals surface area (Å²) in [4.78, 5) is 0. The smallest absolute Gasteiger partial charge is 0.122 e. The van der Waals surface area contributed by atoms with Crippen LogP contribution in [0.25, 0.3) is 0 Å². The minimum atomic E-state index is -0.414. The zero-order chi connectivity index (χ0) is 12.5. The molecule has 1 aromatic rings. The number of aliphatic hydroxyl groups is 1. The van der Waals surface area contributed by atoms with E-state index in [4.69, 9.17) is 9.47 Å². The van der Waals surface area contributed by atoms with Crippen molar-refractivity contribution in [3.05, 3.63) is 29.3 Å². The van der Waals surface area contributed by atoms with E-state index in [0.29, 0.717) is 0 Å². The molecular weight excluding hydrogens is 228 g/mol. The molecule has 0 saturated carbocycles. The molecule has 2 aliphatic heterocycles. The van der Waals surface area contributed by atoms with Crippen LogP contribution in [0.4, 0.5) is 0 Å². The first-order chi connectivity index (χ1) is 8.79. The van der Waals surface area contributed by atoms with Gasteiger partial charge in [0, 0.05) is 18.9 Å². The van der Waals surface area contributed by atoms with Crippen LogP contribution >= 0.6 is 0 Å². The first-order valence-corrected chi connectivity index (χ1v) is 6.85. The third-order valence-corrected chi connectivity index (χ3v) is 4.12. The van der Waals surface area contributed by atoms with E-state index in [0.717, 1.165) is 43.8 Å². The van der Waals surface area contributed by atoms with Crippen molar-refractivity contribution in [2.24, 2.45) is 5.92 Å². The number of hydrogen-bond acceptors (Lipinski definition) is 3. The van der Waals surface area contributed by atoms with Crippen molar-refractivity contribution in [1.82, 2.24) is 0 Å². The Hall–Kier alpha value is -1.06. The van der Waals surface area contributed by atoms with Crippen molar-refractivity contribution < 1.29 is 14.6 Å². The van der Waals surface area contributed by atoms with Crippen molar-refractivity contribution in [2.45, 2.75) is 38.4 Å². The Balaban J connectivity index is 1.81. The zero-order valence-electron chi connectivity index (χ0n) is 10.8. The molecule has 3 nitrogen and oxygen atoms in total. The topological polar surface area (TPSA) is 38.7 Å². The number of hydrogen-bond donors (Lipinski definition) is 1. The molecule has 1 fully saturated rings. The molecule has 3 rings (SSSR count). The molecule has 2 heterocycles. The van der Waals surface area contributed by atoms with E-state index in [-0.39, 0.29) is 12.0 Å². The van der Waals surface area contributed by atoms with Crippen LogP contribution in [-0.2, 0) is 11.2 Å². The van der Waals surface area contributed by atoms with Gasteiger partial charge in [0.1, 0.15) is 5.75 Å². The average Bonchev–Trinajstić information content (AvgIpc) is 3.05. The van der Waals surface area contributed by atoms with E-state index in [1.165, 1.54) is 5.56 Å². The lowest BCUT2D eigenvalue weighted by Gasteiger charge is -2.23. The number of benzene rings is 1. The Bertz CT molecular complexity index is 430. The molecule has 3 heteroatoms. The largest absolute Gasteiger partial charge is 0.493 e. The summed E-state index contributed by atoms with van der Waals surface area (Å²) in [7, 11) is 0. The second-order valence-electron chi connectivity index (χ2n) is 5.18. The molecule has 3 unspecified atom stereocenters. The molecule has 0 amide bonds. The summed E-state index contributed by atoms with van der Waals surface area (Å²) >= 11 is 0. The van der Waals surface area contributed by atoms with Crippen LogP contribution < -0.4 is 4.74 Å². The van der Waals surface area contributed by atoms with E-state index >= 15 is 0 Å². The summed E-state index contributed by atoms with van der Waals surface area (Å²) in [5.74, 6) is 1.20. The minimum Gasteiger partial charge on any atom is -0.493 e. The summed E-state index contributed by atoms with van der Waals surface area (Å²) in [6, 6.07) is 6.07. The fourth-order valence-corrected chi connectivity index (χ4v) is 3.08. The highest BCUT2D eigenvalue weighted by Gasteiger charge is 2.33. The van der Waals surface area contributed by atoms with Gasteiger partial charge in [-0.05, 0) is 36.1 Å². The summed E-state index contributed by atoms with van der Waals surface area (Å²) in [5, 5.41) is 10.5. The van der Waals surface area contributed by atoms with Crippen LogP contribution in [0, 0.1) is 5.92 Å². The van der Waals surface area contributed by atoms with Gasteiger partial charge >= 0.3 is 0 Å². The van der Waals surface area contributed by atoms with Gasteiger partial charge in [-0.1, -0.05) is 13.0 Å². The normalized spacial score (nSPS) is 27.9. The van der Waals surface area contributed by atoms with E-state index in [1.54, 1.807) is 0 Å². The van der Waals surface area contributed by atoms with Crippen molar-refractivity contribution in [3.63, 3.8) is 0 Å². The molecule has 1 N–H and O–H groups in total. The van der Waals surface area contributed by atoms with Crippen LogP contribution in [0.2, 0.25) is 0 Å². The van der Waals surface area contributed by atoms with Crippen LogP contribution in [0.5, 0.6) is 5.75 Å². The molecule has 1 aromatic carbocycles. The summed E-state index contributed by atoms with van der Waals surface area (Å²) in [6.45, 7) is 3.65. The molecule has 98 valence electrons. The van der Waals surface area contributed by atoms with Crippen LogP contribution in [0.3, 0.4) is 0 Å². The lowest BCUT2D eigenvalue weighted by molar-refractivity contribution is 0.0307. The molecular formula is C15H20O3. The number of fused-ring (bicyclic) bond motifs is 1. The van der Waals surface area contributed by atoms with Crippen molar-refractivity contribution in [1.29, 1.82) is 0 Å². The fourth-order valence-electron chi connectivity index (χ4n) is 3.08. The summed E-state index contributed by atoms with van der Waals surface area (Å²) in [5.41, 5.74) is 2.23. The highest BCUT2D eigenvalue weighted by molar-refractivity contribution is 5.40. The highest BCUT2D eigenvalue weighted by Crippen LogP contribution is 2.37. The fraction of sp³-hybridized carbons (Fsp3) is 0.600. The highest BCUT2D eigenvalue weighted by atomic mass is 16.5. The predicted octanol–water partition coefficient (Wildman–Crippen LogP) is 2.47. The van der Waals surface area contributed by atoms with E-state index < -0.39 is 6.10 Å². The molecule has 0 radical (unpaired) electrons. The van der Waals surface area contributed by atoms with Crippen LogP contribution in [-0.4, -0.2) is 24.4 Å². The van der Waals surface area contributed by atoms with Gasteiger partial charge in [0.15, 0.2) is 0 Å². The van der Waals surface area contributed by atoms with Gasteiger partial charge in [-0.15, -0.1) is 0 Å². The Kier molecular flexibility index (Phi) is 3.27. The van der Waals surface area contributed by atoms with Gasteiger partial charge in [0.05, 0.1) is 18.8 Å². The molecule has 2 aliphatic rings. The standard InChI is InChI=1S/C15H20O3/c1-2-13-12(6-8-17-13)15(16)11-3-4-14-10(9-11)5-7-18-14/h3-4,9,12-13,15-16H,2,5-8H2,1H3. The molecule has 3 atom stereocenters. The zero-order valence-corrected chi connectivity index (χ0v) is 10.8. The lowest BCUT2D eigenvalue weighted by atomic mass is 9.88. The molecule has 1 saturated heterocycles. The third kappa shape index (κ3) is 2.02. The van der Waals surface area contributed by atoms with Gasteiger partial charge in [-0.25, -0.2) is 0 Å². The average molecular weight is 248 g/mol. The maximum atomic E-state index is 10.5. The van der Waals surface area contributed by atoms with Gasteiger partial charge in [-0.3, -0.25) is 0 Å². The maximum absolute atomic E-state index is 10.5. The van der Waals surface area contributed by atoms with Crippen molar-refractivity contribution in [3.8, 4) is 5.75 Å². The van der Waals surface area contributed by atoms with Crippen molar-refractivity contribution >= 4 is 0 Å². The number of aliphatic hydroxyl groups excluding tert-OH is 1. The molecule has 18 heavy (non-hydrogen) atoms. The maximum Gasteiger partial charge on any atom is 0.122 e. The SMILES string of the molecule is CCC1OCCC1C(O)c1ccc2c(c1)CCO2. The first-order valence-electron chi connectivity index (χ1n) is 6.85. The quantitative estimate of drug-likeness (QED) is 0.893. The summed E-state index contributed by atoms with van der Waals surface area (Å²) < 4.78 is 11.2. The van der Waals surface area contributed by atoms with E-state index in [2.05, 4.69) is 13.0 Å². The summed E-state index contributed by atoms with van der Waals surface area (Å²) in [6.07, 6.45) is 2.66. The Morgan fingerprint density at radius 2 is 2.28 bits per heavy atom. The Labute approximate surface area is 108 Å². The third-order valence-electron chi connectivity index (χ3n) is 4.12. The van der Waals surface area contributed by atoms with Crippen LogP contribution in [0.1, 0.15) is 37.0 Å². The van der Waals surface area contributed by atoms with Gasteiger partial charge in [0.2, 0.25) is 0 Å². The first kappa shape index (κ1) is 12.0.